The summed E-state index contributed by atoms with van der Waals surface area (Å²) in [5.74, 6) is -0.529. The maximum absolute atomic E-state index is 12.1. The van der Waals surface area contributed by atoms with E-state index in [0.29, 0.717) is 21.4 Å². The van der Waals surface area contributed by atoms with Crippen molar-refractivity contribution in [3.63, 3.8) is 0 Å². The van der Waals surface area contributed by atoms with E-state index in [1.165, 1.54) is 13.0 Å². The van der Waals surface area contributed by atoms with E-state index >= 15 is 0 Å². The molecule has 0 bridgehead atoms. The fourth-order valence-corrected chi connectivity index (χ4v) is 2.33. The van der Waals surface area contributed by atoms with E-state index in [2.05, 4.69) is 10.6 Å². The van der Waals surface area contributed by atoms with Crippen molar-refractivity contribution in [1.29, 1.82) is 0 Å². The van der Waals surface area contributed by atoms with Crippen LogP contribution in [0.15, 0.2) is 42.5 Å². The topological polar surface area (TPSA) is 58.2 Å². The second-order valence-corrected chi connectivity index (χ2v) is 6.04. The Balaban J connectivity index is 2.14. The maximum atomic E-state index is 12.1. The van der Waals surface area contributed by atoms with E-state index in [4.69, 9.17) is 23.2 Å². The molecular weight excluding hydrogens is 347 g/mol. The molecule has 2 aromatic carbocycles. The fourth-order valence-electron chi connectivity index (χ4n) is 2.02. The highest BCUT2D eigenvalue weighted by Gasteiger charge is 2.07. The summed E-state index contributed by atoms with van der Waals surface area (Å²) in [5, 5.41) is 6.32. The Bertz CT molecular complexity index is 817. The Kier molecular flexibility index (Phi) is 6.01. The standard InChI is InChI=1S/C18H16Cl2N2O2/c1-11-3-7-16(21-12(2)23)17(9-11)22-18(24)8-5-13-4-6-14(19)15(20)10-13/h3-10H,1-2H3,(H,21,23)(H,22,24)/b8-5+. The minimum atomic E-state index is -0.321. The van der Waals surface area contributed by atoms with Crippen LogP contribution in [0.1, 0.15) is 18.1 Å². The first-order chi connectivity index (χ1) is 11.3. The molecule has 0 saturated heterocycles. The Morgan fingerprint density at radius 2 is 1.71 bits per heavy atom. The zero-order valence-corrected chi connectivity index (χ0v) is 14.7. The molecule has 124 valence electrons. The highest BCUT2D eigenvalue weighted by molar-refractivity contribution is 6.42. The number of benzene rings is 2. The molecule has 4 nitrogen and oxygen atoms in total. The van der Waals surface area contributed by atoms with Gasteiger partial charge in [0.05, 0.1) is 21.4 Å². The van der Waals surface area contributed by atoms with Gasteiger partial charge in [-0.25, -0.2) is 0 Å². The van der Waals surface area contributed by atoms with Gasteiger partial charge in [-0.05, 0) is 48.4 Å². The minimum absolute atomic E-state index is 0.208. The monoisotopic (exact) mass is 362 g/mol. The highest BCUT2D eigenvalue weighted by Crippen LogP contribution is 2.24. The van der Waals surface area contributed by atoms with Crippen LogP contribution in [0.25, 0.3) is 6.08 Å². The molecule has 0 saturated carbocycles. The third-order valence-corrected chi connectivity index (χ3v) is 3.85. The van der Waals surface area contributed by atoms with Gasteiger partial charge in [-0.15, -0.1) is 0 Å². The summed E-state index contributed by atoms with van der Waals surface area (Å²) in [5.41, 5.74) is 2.80. The molecule has 0 aromatic heterocycles. The first-order valence-electron chi connectivity index (χ1n) is 7.17. The van der Waals surface area contributed by atoms with Crippen LogP contribution in [0, 0.1) is 6.92 Å². The van der Waals surface area contributed by atoms with Crippen molar-refractivity contribution < 1.29 is 9.59 Å². The molecule has 2 N–H and O–H groups in total. The fraction of sp³-hybridized carbons (Fsp3) is 0.111. The number of nitrogens with one attached hydrogen (secondary N) is 2. The first kappa shape index (κ1) is 18.0. The Morgan fingerprint density at radius 1 is 0.958 bits per heavy atom. The number of amides is 2. The van der Waals surface area contributed by atoms with Crippen LogP contribution >= 0.6 is 23.2 Å². The van der Waals surface area contributed by atoms with Gasteiger partial charge in [0.1, 0.15) is 0 Å². The van der Waals surface area contributed by atoms with E-state index in [1.807, 2.05) is 13.0 Å². The van der Waals surface area contributed by atoms with Gasteiger partial charge in [0.25, 0.3) is 0 Å². The number of carbonyl (C=O) groups excluding carboxylic acids is 2. The van der Waals surface area contributed by atoms with Crippen LogP contribution in [-0.4, -0.2) is 11.8 Å². The average Bonchev–Trinajstić information content (AvgIpc) is 2.51. The van der Waals surface area contributed by atoms with Gasteiger partial charge in [0.15, 0.2) is 0 Å². The number of aryl methyl sites for hydroxylation is 1. The molecule has 0 aliphatic rings. The summed E-state index contributed by atoms with van der Waals surface area (Å²) >= 11 is 11.8. The molecule has 0 spiro atoms. The molecular formula is C18H16Cl2N2O2. The van der Waals surface area contributed by atoms with E-state index in [-0.39, 0.29) is 11.8 Å². The zero-order valence-electron chi connectivity index (χ0n) is 13.2. The van der Waals surface area contributed by atoms with Gasteiger partial charge in [0.2, 0.25) is 11.8 Å². The predicted molar refractivity (Wildman–Crippen MR) is 99.6 cm³/mol. The lowest BCUT2D eigenvalue weighted by molar-refractivity contribution is -0.114. The van der Waals surface area contributed by atoms with Gasteiger partial charge >= 0.3 is 0 Å². The van der Waals surface area contributed by atoms with E-state index in [0.717, 1.165) is 11.1 Å². The van der Waals surface area contributed by atoms with Gasteiger partial charge in [-0.3, -0.25) is 9.59 Å². The largest absolute Gasteiger partial charge is 0.325 e. The maximum Gasteiger partial charge on any atom is 0.248 e. The van der Waals surface area contributed by atoms with Crippen LogP contribution in [0.4, 0.5) is 11.4 Å². The molecule has 24 heavy (non-hydrogen) atoms. The molecule has 0 fully saturated rings. The quantitative estimate of drug-likeness (QED) is 0.758. The minimum Gasteiger partial charge on any atom is -0.325 e. The third-order valence-electron chi connectivity index (χ3n) is 3.11. The molecule has 0 aliphatic heterocycles. The Hall–Kier alpha value is -2.30. The van der Waals surface area contributed by atoms with Crippen molar-refractivity contribution in [3.8, 4) is 0 Å². The van der Waals surface area contributed by atoms with Gasteiger partial charge in [0, 0.05) is 13.0 Å². The highest BCUT2D eigenvalue weighted by atomic mass is 35.5. The summed E-state index contributed by atoms with van der Waals surface area (Å²) in [6, 6.07) is 10.5. The number of hydrogen-bond donors (Lipinski definition) is 2. The Morgan fingerprint density at radius 3 is 2.38 bits per heavy atom. The molecule has 0 atom stereocenters. The van der Waals surface area contributed by atoms with Crippen LogP contribution in [0.2, 0.25) is 10.0 Å². The summed E-state index contributed by atoms with van der Waals surface area (Å²) in [6.07, 6.45) is 3.02. The number of rotatable bonds is 4. The normalized spacial score (nSPS) is 10.7. The van der Waals surface area contributed by atoms with E-state index in [9.17, 15) is 9.59 Å². The summed E-state index contributed by atoms with van der Waals surface area (Å²) in [7, 11) is 0. The first-order valence-corrected chi connectivity index (χ1v) is 7.93. The number of hydrogen-bond acceptors (Lipinski definition) is 2. The van der Waals surface area contributed by atoms with Crippen LogP contribution in [0.3, 0.4) is 0 Å². The van der Waals surface area contributed by atoms with E-state index in [1.54, 1.807) is 36.4 Å². The van der Waals surface area contributed by atoms with Crippen molar-refractivity contribution >= 4 is 52.5 Å². The van der Waals surface area contributed by atoms with Gasteiger partial charge in [-0.2, -0.15) is 0 Å². The lowest BCUT2D eigenvalue weighted by Gasteiger charge is -2.11. The average molecular weight is 363 g/mol. The van der Waals surface area contributed by atoms with Crippen molar-refractivity contribution in [2.75, 3.05) is 10.6 Å². The van der Waals surface area contributed by atoms with Crippen molar-refractivity contribution in [2.24, 2.45) is 0 Å². The zero-order chi connectivity index (χ0) is 17.7. The molecule has 2 rings (SSSR count). The SMILES string of the molecule is CC(=O)Nc1ccc(C)cc1NC(=O)/C=C/c1ccc(Cl)c(Cl)c1. The van der Waals surface area contributed by atoms with Crippen LogP contribution in [-0.2, 0) is 9.59 Å². The third kappa shape index (κ3) is 5.11. The van der Waals surface area contributed by atoms with Crippen molar-refractivity contribution in [1.82, 2.24) is 0 Å². The predicted octanol–water partition coefficient (Wildman–Crippen LogP) is 4.91. The van der Waals surface area contributed by atoms with E-state index < -0.39 is 0 Å². The molecule has 0 heterocycles. The number of anilines is 2. The number of carbonyl (C=O) groups is 2. The van der Waals surface area contributed by atoms with Crippen LogP contribution in [0.5, 0.6) is 0 Å². The van der Waals surface area contributed by atoms with Crippen LogP contribution < -0.4 is 10.6 Å². The number of halogens is 2. The Labute approximate surface area is 150 Å². The molecule has 0 aliphatic carbocycles. The molecule has 0 unspecified atom stereocenters. The molecule has 2 aromatic rings. The summed E-state index contributed by atoms with van der Waals surface area (Å²) in [4.78, 5) is 23.4. The summed E-state index contributed by atoms with van der Waals surface area (Å²) in [6.45, 7) is 3.31. The smallest absolute Gasteiger partial charge is 0.248 e. The molecule has 0 radical (unpaired) electrons. The second kappa shape index (κ2) is 7.99. The molecule has 2 amide bonds. The van der Waals surface area contributed by atoms with Crippen molar-refractivity contribution in [2.45, 2.75) is 13.8 Å². The van der Waals surface area contributed by atoms with Crippen molar-refractivity contribution in [3.05, 3.63) is 63.6 Å². The van der Waals surface area contributed by atoms with Gasteiger partial charge in [-0.1, -0.05) is 35.3 Å². The van der Waals surface area contributed by atoms with Gasteiger partial charge < -0.3 is 10.6 Å². The molecule has 6 heteroatoms. The second-order valence-electron chi connectivity index (χ2n) is 5.23. The lowest BCUT2D eigenvalue weighted by Crippen LogP contribution is -2.13. The lowest BCUT2D eigenvalue weighted by atomic mass is 10.1. The summed E-state index contributed by atoms with van der Waals surface area (Å²) < 4.78 is 0.